The molecule has 2 aliphatic heterocycles. The highest BCUT2D eigenvalue weighted by molar-refractivity contribution is 7.18. The summed E-state index contributed by atoms with van der Waals surface area (Å²) in [6, 6.07) is 5.68. The van der Waals surface area contributed by atoms with Crippen molar-refractivity contribution in [3.63, 3.8) is 0 Å². The molecular weight excluding hydrogens is 453 g/mol. The number of piperazine rings is 1. The van der Waals surface area contributed by atoms with Gasteiger partial charge in [-0.15, -0.1) is 11.3 Å². The third-order valence-corrected chi connectivity index (χ3v) is 7.82. The van der Waals surface area contributed by atoms with Crippen LogP contribution in [0.3, 0.4) is 0 Å². The van der Waals surface area contributed by atoms with Crippen LogP contribution in [0.15, 0.2) is 29.3 Å². The van der Waals surface area contributed by atoms with E-state index in [0.717, 1.165) is 68.1 Å². The Morgan fingerprint density at radius 1 is 1.03 bits per heavy atom. The molecule has 5 rings (SSSR count). The molecule has 0 unspecified atom stereocenters. The number of likely N-dealkylation sites (N-methyl/N-ethyl adjacent to an activating group) is 1. The van der Waals surface area contributed by atoms with E-state index in [1.54, 1.807) is 28.3 Å². The summed E-state index contributed by atoms with van der Waals surface area (Å²) in [5.41, 5.74) is 2.40. The van der Waals surface area contributed by atoms with Crippen LogP contribution in [0.5, 0.6) is 0 Å². The zero-order chi connectivity index (χ0) is 21.5. The van der Waals surface area contributed by atoms with Crippen molar-refractivity contribution >= 4 is 50.4 Å². The Kier molecular flexibility index (Phi) is 5.96. The largest absolute Gasteiger partial charge is 0.369 e. The molecule has 1 aromatic carbocycles. The predicted molar refractivity (Wildman–Crippen MR) is 129 cm³/mol. The Hall–Kier alpha value is -1.64. The van der Waals surface area contributed by atoms with Gasteiger partial charge in [-0.3, -0.25) is 14.3 Å². The lowest BCUT2D eigenvalue weighted by molar-refractivity contribution is 0.247. The number of anilines is 1. The molecule has 0 N–H and O–H groups in total. The average Bonchev–Trinajstić information content (AvgIpc) is 3.11. The van der Waals surface area contributed by atoms with Crippen molar-refractivity contribution in [1.82, 2.24) is 19.4 Å². The van der Waals surface area contributed by atoms with Crippen molar-refractivity contribution in [2.24, 2.45) is 0 Å². The minimum atomic E-state index is 0.110. The molecule has 0 amide bonds. The lowest BCUT2D eigenvalue weighted by Gasteiger charge is -2.36. The summed E-state index contributed by atoms with van der Waals surface area (Å²) in [6.07, 6.45) is 2.66. The van der Waals surface area contributed by atoms with E-state index < -0.39 is 0 Å². The minimum absolute atomic E-state index is 0.110. The Labute approximate surface area is 195 Å². The maximum Gasteiger partial charge on any atom is 0.262 e. The number of hydrogen-bond acceptors (Lipinski definition) is 6. The van der Waals surface area contributed by atoms with E-state index in [0.29, 0.717) is 16.6 Å². The van der Waals surface area contributed by atoms with Crippen LogP contribution in [0.25, 0.3) is 10.2 Å². The van der Waals surface area contributed by atoms with Crippen molar-refractivity contribution < 1.29 is 0 Å². The molecule has 0 saturated carbocycles. The lowest BCUT2D eigenvalue weighted by atomic mass is 10.1. The number of hydrogen-bond donors (Lipinski definition) is 0. The van der Waals surface area contributed by atoms with Gasteiger partial charge in [0.2, 0.25) is 0 Å². The monoisotopic (exact) mass is 477 g/mol. The van der Waals surface area contributed by atoms with Gasteiger partial charge in [-0.25, -0.2) is 4.98 Å². The summed E-state index contributed by atoms with van der Waals surface area (Å²) in [7, 11) is 2.12. The average molecular weight is 478 g/mol. The van der Waals surface area contributed by atoms with Crippen molar-refractivity contribution in [2.75, 3.05) is 51.2 Å². The van der Waals surface area contributed by atoms with E-state index >= 15 is 0 Å². The Morgan fingerprint density at radius 2 is 1.77 bits per heavy atom. The third-order valence-electron chi connectivity index (χ3n) is 6.26. The number of benzene rings is 1. The molecule has 3 aromatic rings. The van der Waals surface area contributed by atoms with Gasteiger partial charge in [0.25, 0.3) is 5.56 Å². The molecule has 4 heterocycles. The zero-order valence-corrected chi connectivity index (χ0v) is 19.8. The molecule has 0 atom stereocenters. The van der Waals surface area contributed by atoms with Gasteiger partial charge in [0.05, 0.1) is 11.7 Å². The van der Waals surface area contributed by atoms with Crippen LogP contribution in [-0.4, -0.2) is 65.7 Å². The van der Waals surface area contributed by atoms with Crippen LogP contribution >= 0.6 is 34.5 Å². The SMILES string of the molecule is CN1CCc2c(sc3ncn(CCN4CCN(c5cc(Cl)cc(Cl)c5)CC4)c(=O)c23)C1. The standard InChI is InChI=1S/C22H25Cl2N5OS/c1-26-3-2-18-19(13-26)31-21-20(18)22(30)29(14-25-21)9-6-27-4-7-28(8-5-27)17-11-15(23)10-16(24)12-17/h10-12,14H,2-9,13H2,1H3. The van der Waals surface area contributed by atoms with Gasteiger partial charge >= 0.3 is 0 Å². The second kappa shape index (κ2) is 8.71. The highest BCUT2D eigenvalue weighted by Gasteiger charge is 2.23. The Morgan fingerprint density at radius 3 is 2.52 bits per heavy atom. The maximum atomic E-state index is 13.2. The van der Waals surface area contributed by atoms with Crippen molar-refractivity contribution in [3.8, 4) is 0 Å². The van der Waals surface area contributed by atoms with Gasteiger partial charge in [0.1, 0.15) is 4.83 Å². The molecule has 0 radical (unpaired) electrons. The summed E-state index contributed by atoms with van der Waals surface area (Å²) in [6.45, 7) is 7.11. The fourth-order valence-electron chi connectivity index (χ4n) is 4.51. The van der Waals surface area contributed by atoms with E-state index in [4.69, 9.17) is 23.2 Å². The van der Waals surface area contributed by atoms with Crippen LogP contribution in [-0.2, 0) is 19.5 Å². The first kappa shape index (κ1) is 21.2. The Balaban J connectivity index is 1.25. The fraction of sp³-hybridized carbons (Fsp3) is 0.455. The number of halogens is 2. The quantitative estimate of drug-likeness (QED) is 0.574. The summed E-state index contributed by atoms with van der Waals surface area (Å²) in [5.74, 6) is 0. The molecule has 0 spiro atoms. The number of aromatic nitrogens is 2. The fourth-order valence-corrected chi connectivity index (χ4v) is 6.28. The second-order valence-electron chi connectivity index (χ2n) is 8.37. The molecule has 2 aliphatic rings. The van der Waals surface area contributed by atoms with Crippen LogP contribution in [0.2, 0.25) is 10.0 Å². The van der Waals surface area contributed by atoms with E-state index in [-0.39, 0.29) is 5.56 Å². The van der Waals surface area contributed by atoms with E-state index in [9.17, 15) is 4.79 Å². The first-order valence-corrected chi connectivity index (χ1v) is 12.2. The number of rotatable bonds is 4. The molecule has 0 aliphatic carbocycles. The van der Waals surface area contributed by atoms with Crippen LogP contribution in [0.1, 0.15) is 10.4 Å². The van der Waals surface area contributed by atoms with Gasteiger partial charge in [-0.2, -0.15) is 0 Å². The number of thiophene rings is 1. The highest BCUT2D eigenvalue weighted by Crippen LogP contribution is 2.31. The van der Waals surface area contributed by atoms with E-state index in [1.165, 1.54) is 10.4 Å². The molecule has 1 fully saturated rings. The molecule has 1 saturated heterocycles. The highest BCUT2D eigenvalue weighted by atomic mass is 35.5. The van der Waals surface area contributed by atoms with E-state index in [1.807, 2.05) is 12.1 Å². The number of nitrogens with zero attached hydrogens (tertiary/aromatic N) is 5. The van der Waals surface area contributed by atoms with Crippen molar-refractivity contribution in [3.05, 3.63) is 55.4 Å². The smallest absolute Gasteiger partial charge is 0.262 e. The normalized spacial score (nSPS) is 18.0. The summed E-state index contributed by atoms with van der Waals surface area (Å²) in [4.78, 5) is 27.0. The molecule has 31 heavy (non-hydrogen) atoms. The van der Waals surface area contributed by atoms with Gasteiger partial charge in [0, 0.05) is 73.0 Å². The minimum Gasteiger partial charge on any atom is -0.369 e. The van der Waals surface area contributed by atoms with Gasteiger partial charge in [0.15, 0.2) is 0 Å². The topological polar surface area (TPSA) is 44.6 Å². The predicted octanol–water partition coefficient (Wildman–Crippen LogP) is 3.57. The van der Waals surface area contributed by atoms with Gasteiger partial charge in [-0.05, 0) is 37.2 Å². The zero-order valence-electron chi connectivity index (χ0n) is 17.5. The maximum absolute atomic E-state index is 13.2. The summed E-state index contributed by atoms with van der Waals surface area (Å²) in [5, 5.41) is 2.17. The first-order chi connectivity index (χ1) is 15.0. The molecule has 9 heteroatoms. The van der Waals surface area contributed by atoms with Crippen LogP contribution in [0, 0.1) is 0 Å². The van der Waals surface area contributed by atoms with Gasteiger partial charge < -0.3 is 9.80 Å². The van der Waals surface area contributed by atoms with Crippen molar-refractivity contribution in [2.45, 2.75) is 19.5 Å². The molecule has 0 bridgehead atoms. The molecule has 2 aromatic heterocycles. The second-order valence-corrected chi connectivity index (χ2v) is 10.3. The summed E-state index contributed by atoms with van der Waals surface area (Å²) < 4.78 is 1.79. The molecule has 164 valence electrons. The van der Waals surface area contributed by atoms with Crippen molar-refractivity contribution in [1.29, 1.82) is 0 Å². The number of fused-ring (bicyclic) bond motifs is 3. The Bertz CT molecular complexity index is 1150. The van der Waals surface area contributed by atoms with Crippen LogP contribution < -0.4 is 10.5 Å². The molecule has 6 nitrogen and oxygen atoms in total. The van der Waals surface area contributed by atoms with Gasteiger partial charge in [-0.1, -0.05) is 23.2 Å². The molecular formula is C22H25Cl2N5OS. The summed E-state index contributed by atoms with van der Waals surface area (Å²) >= 11 is 14.0. The third kappa shape index (κ3) is 4.34. The van der Waals surface area contributed by atoms with E-state index in [2.05, 4.69) is 26.7 Å². The lowest BCUT2D eigenvalue weighted by Crippen LogP contribution is -2.47. The first-order valence-electron chi connectivity index (χ1n) is 10.6. The van der Waals surface area contributed by atoms with Crippen LogP contribution in [0.4, 0.5) is 5.69 Å².